The zero-order valence-corrected chi connectivity index (χ0v) is 10.5. The standard InChI is InChI=1S/C12H11N3O2S/c1-13-6-11-14-5-10(18-11)7-2-3-9-8(4-7)15-12(16)17-9/h2-5,13H,6H2,1H3,(H,15,16). The van der Waals surface area contributed by atoms with Crippen molar-refractivity contribution in [1.82, 2.24) is 15.3 Å². The Labute approximate surface area is 106 Å². The SMILES string of the molecule is CNCc1ncc(-c2ccc3oc(=O)[nH]c3c2)s1. The van der Waals surface area contributed by atoms with Crippen molar-refractivity contribution in [1.29, 1.82) is 0 Å². The summed E-state index contributed by atoms with van der Waals surface area (Å²) in [5.74, 6) is -0.428. The lowest BCUT2D eigenvalue weighted by atomic mass is 10.2. The molecule has 2 heterocycles. The molecule has 0 atom stereocenters. The number of thiazole rings is 1. The first-order chi connectivity index (χ1) is 8.76. The van der Waals surface area contributed by atoms with Crippen LogP contribution >= 0.6 is 11.3 Å². The van der Waals surface area contributed by atoms with E-state index in [0.29, 0.717) is 11.1 Å². The molecule has 0 bridgehead atoms. The average Bonchev–Trinajstić information content (AvgIpc) is 2.93. The smallest absolute Gasteiger partial charge is 0.408 e. The van der Waals surface area contributed by atoms with Crippen LogP contribution < -0.4 is 11.1 Å². The maximum absolute atomic E-state index is 11.1. The molecular formula is C12H11N3O2S. The number of benzene rings is 1. The molecule has 0 saturated heterocycles. The van der Waals surface area contributed by atoms with E-state index < -0.39 is 5.76 Å². The van der Waals surface area contributed by atoms with Gasteiger partial charge in [-0.25, -0.2) is 9.78 Å². The first-order valence-electron chi connectivity index (χ1n) is 5.49. The zero-order chi connectivity index (χ0) is 12.5. The summed E-state index contributed by atoms with van der Waals surface area (Å²) < 4.78 is 4.97. The summed E-state index contributed by atoms with van der Waals surface area (Å²) in [5, 5.41) is 4.10. The highest BCUT2D eigenvalue weighted by Gasteiger charge is 2.07. The number of aromatic amines is 1. The van der Waals surface area contributed by atoms with E-state index in [1.807, 2.05) is 25.4 Å². The van der Waals surface area contributed by atoms with E-state index in [1.165, 1.54) is 0 Å². The van der Waals surface area contributed by atoms with Crippen molar-refractivity contribution < 1.29 is 4.42 Å². The summed E-state index contributed by atoms with van der Waals surface area (Å²) in [4.78, 5) is 19.1. The van der Waals surface area contributed by atoms with Crippen LogP contribution in [0.1, 0.15) is 5.01 Å². The molecule has 2 N–H and O–H groups in total. The molecule has 0 radical (unpaired) electrons. The van der Waals surface area contributed by atoms with Gasteiger partial charge in [0.2, 0.25) is 0 Å². The molecule has 6 heteroatoms. The molecular weight excluding hydrogens is 250 g/mol. The van der Waals surface area contributed by atoms with Crippen LogP contribution in [-0.4, -0.2) is 17.0 Å². The second-order valence-corrected chi connectivity index (χ2v) is 4.99. The van der Waals surface area contributed by atoms with E-state index in [4.69, 9.17) is 4.42 Å². The summed E-state index contributed by atoms with van der Waals surface area (Å²) >= 11 is 1.63. The first-order valence-corrected chi connectivity index (χ1v) is 6.30. The van der Waals surface area contributed by atoms with E-state index in [9.17, 15) is 4.79 Å². The Balaban J connectivity index is 2.04. The minimum atomic E-state index is -0.428. The maximum atomic E-state index is 11.1. The minimum absolute atomic E-state index is 0.428. The monoisotopic (exact) mass is 261 g/mol. The Bertz CT molecular complexity index is 741. The van der Waals surface area contributed by atoms with E-state index in [1.54, 1.807) is 17.4 Å². The third kappa shape index (κ3) is 1.96. The van der Waals surface area contributed by atoms with Crippen LogP contribution in [0.15, 0.2) is 33.6 Å². The molecule has 92 valence electrons. The largest absolute Gasteiger partial charge is 0.417 e. The van der Waals surface area contributed by atoms with Crippen molar-refractivity contribution in [2.24, 2.45) is 0 Å². The van der Waals surface area contributed by atoms with Crippen LogP contribution in [0.3, 0.4) is 0 Å². The van der Waals surface area contributed by atoms with Gasteiger partial charge >= 0.3 is 5.76 Å². The van der Waals surface area contributed by atoms with E-state index in [0.717, 1.165) is 22.0 Å². The van der Waals surface area contributed by atoms with Crippen LogP contribution in [0, 0.1) is 0 Å². The number of fused-ring (bicyclic) bond motifs is 1. The maximum Gasteiger partial charge on any atom is 0.417 e. The molecule has 0 unspecified atom stereocenters. The molecule has 0 aliphatic carbocycles. The highest BCUT2D eigenvalue weighted by atomic mass is 32.1. The molecule has 0 spiro atoms. The fraction of sp³-hybridized carbons (Fsp3) is 0.167. The predicted molar refractivity (Wildman–Crippen MR) is 70.7 cm³/mol. The number of aromatic nitrogens is 2. The highest BCUT2D eigenvalue weighted by Crippen LogP contribution is 2.28. The number of rotatable bonds is 3. The van der Waals surface area contributed by atoms with Gasteiger partial charge in [-0.2, -0.15) is 0 Å². The molecule has 0 saturated carbocycles. The number of H-pyrrole nitrogens is 1. The minimum Gasteiger partial charge on any atom is -0.408 e. The van der Waals surface area contributed by atoms with E-state index in [-0.39, 0.29) is 0 Å². The topological polar surface area (TPSA) is 70.9 Å². The molecule has 0 fully saturated rings. The van der Waals surface area contributed by atoms with Crippen molar-refractivity contribution in [2.75, 3.05) is 7.05 Å². The number of hydrogen-bond donors (Lipinski definition) is 2. The fourth-order valence-corrected chi connectivity index (χ4v) is 2.71. The lowest BCUT2D eigenvalue weighted by molar-refractivity contribution is 0.555. The van der Waals surface area contributed by atoms with Crippen molar-refractivity contribution in [2.45, 2.75) is 6.54 Å². The van der Waals surface area contributed by atoms with E-state index in [2.05, 4.69) is 15.3 Å². The third-order valence-electron chi connectivity index (χ3n) is 2.59. The number of nitrogens with one attached hydrogen (secondary N) is 2. The van der Waals surface area contributed by atoms with Gasteiger partial charge in [0.15, 0.2) is 5.58 Å². The van der Waals surface area contributed by atoms with Crippen molar-refractivity contribution >= 4 is 22.4 Å². The summed E-state index contributed by atoms with van der Waals surface area (Å²) in [6.45, 7) is 0.759. The Morgan fingerprint density at radius 2 is 2.39 bits per heavy atom. The van der Waals surface area contributed by atoms with Gasteiger partial charge in [0.1, 0.15) is 5.01 Å². The van der Waals surface area contributed by atoms with Crippen LogP contribution in [0.2, 0.25) is 0 Å². The van der Waals surface area contributed by atoms with Crippen LogP contribution in [0.4, 0.5) is 0 Å². The highest BCUT2D eigenvalue weighted by molar-refractivity contribution is 7.15. The Morgan fingerprint density at radius 3 is 3.22 bits per heavy atom. The second-order valence-electron chi connectivity index (χ2n) is 3.87. The summed E-state index contributed by atoms with van der Waals surface area (Å²) in [6.07, 6.45) is 1.84. The van der Waals surface area contributed by atoms with Gasteiger partial charge in [-0.1, -0.05) is 0 Å². The Hall–Kier alpha value is -1.92. The number of hydrogen-bond acceptors (Lipinski definition) is 5. The predicted octanol–water partition coefficient (Wildman–Crippen LogP) is 1.96. The second kappa shape index (κ2) is 4.40. The molecule has 3 rings (SSSR count). The van der Waals surface area contributed by atoms with Crippen LogP contribution in [-0.2, 0) is 6.54 Å². The average molecular weight is 261 g/mol. The van der Waals surface area contributed by atoms with Gasteiger partial charge in [-0.05, 0) is 30.8 Å². The molecule has 0 amide bonds. The molecule has 0 aliphatic heterocycles. The number of nitrogens with zero attached hydrogens (tertiary/aromatic N) is 1. The van der Waals surface area contributed by atoms with Gasteiger partial charge in [-0.15, -0.1) is 11.3 Å². The lowest BCUT2D eigenvalue weighted by Gasteiger charge is -1.95. The first kappa shape index (κ1) is 11.2. The normalized spacial score (nSPS) is 11.2. The van der Waals surface area contributed by atoms with Crippen molar-refractivity contribution in [3.63, 3.8) is 0 Å². The molecule has 1 aromatic carbocycles. The quantitative estimate of drug-likeness (QED) is 0.756. The van der Waals surface area contributed by atoms with Gasteiger partial charge in [0.25, 0.3) is 0 Å². The molecule has 5 nitrogen and oxygen atoms in total. The van der Waals surface area contributed by atoms with Crippen molar-refractivity contribution in [3.8, 4) is 10.4 Å². The summed E-state index contributed by atoms with van der Waals surface area (Å²) in [6, 6.07) is 5.62. The Morgan fingerprint density at radius 1 is 1.50 bits per heavy atom. The van der Waals surface area contributed by atoms with E-state index >= 15 is 0 Å². The van der Waals surface area contributed by atoms with Gasteiger partial charge in [0.05, 0.1) is 10.4 Å². The van der Waals surface area contributed by atoms with Gasteiger partial charge in [-0.3, -0.25) is 4.98 Å². The zero-order valence-electron chi connectivity index (χ0n) is 9.69. The molecule has 0 aliphatic rings. The van der Waals surface area contributed by atoms with Gasteiger partial charge in [0, 0.05) is 12.7 Å². The summed E-state index contributed by atoms with van der Waals surface area (Å²) in [5.41, 5.74) is 2.31. The van der Waals surface area contributed by atoms with Crippen LogP contribution in [0.5, 0.6) is 0 Å². The van der Waals surface area contributed by atoms with Gasteiger partial charge < -0.3 is 9.73 Å². The third-order valence-corrected chi connectivity index (χ3v) is 3.63. The molecule has 18 heavy (non-hydrogen) atoms. The lowest BCUT2D eigenvalue weighted by Crippen LogP contribution is -2.03. The fourth-order valence-electron chi connectivity index (χ4n) is 1.78. The summed E-state index contributed by atoms with van der Waals surface area (Å²) in [7, 11) is 1.89. The number of oxazole rings is 1. The molecule has 2 aromatic heterocycles. The molecule has 3 aromatic rings. The Kier molecular flexibility index (Phi) is 2.73. The van der Waals surface area contributed by atoms with Crippen LogP contribution in [0.25, 0.3) is 21.5 Å². The van der Waals surface area contributed by atoms with Crippen molar-refractivity contribution in [3.05, 3.63) is 40.0 Å².